The molecule has 1 aliphatic heterocycles. The van der Waals surface area contributed by atoms with Gasteiger partial charge < -0.3 is 9.47 Å². The molecule has 29 heavy (non-hydrogen) atoms. The second-order valence-corrected chi connectivity index (χ2v) is 7.24. The maximum Gasteiger partial charge on any atom is 0.239 e. The predicted molar refractivity (Wildman–Crippen MR) is 109 cm³/mol. The molecule has 2 amide bonds. The number of hydrazine groups is 1. The SMILES string of the molecule is CCOc1ccc(C(=O)CCC(=O)NNC(=O)CCN2C[C@@H](C)O[C@@H](C)C2)cc1. The van der Waals surface area contributed by atoms with Crippen molar-refractivity contribution in [3.8, 4) is 5.75 Å². The molecule has 8 nitrogen and oxygen atoms in total. The van der Waals surface area contributed by atoms with Gasteiger partial charge in [-0.1, -0.05) is 0 Å². The summed E-state index contributed by atoms with van der Waals surface area (Å²) in [5.41, 5.74) is 5.30. The quantitative estimate of drug-likeness (QED) is 0.479. The minimum atomic E-state index is -0.397. The van der Waals surface area contributed by atoms with E-state index in [0.29, 0.717) is 24.5 Å². The number of benzene rings is 1. The summed E-state index contributed by atoms with van der Waals surface area (Å²) in [6, 6.07) is 6.82. The fourth-order valence-corrected chi connectivity index (χ4v) is 3.27. The van der Waals surface area contributed by atoms with Crippen LogP contribution in [0.2, 0.25) is 0 Å². The zero-order valence-corrected chi connectivity index (χ0v) is 17.4. The third-order valence-corrected chi connectivity index (χ3v) is 4.56. The average molecular weight is 405 g/mol. The number of Topliss-reactive ketones (excluding diaryl/α,β-unsaturated/α-hetero) is 1. The zero-order chi connectivity index (χ0) is 21.2. The lowest BCUT2D eigenvalue weighted by molar-refractivity contribution is -0.129. The van der Waals surface area contributed by atoms with Crippen molar-refractivity contribution in [3.05, 3.63) is 29.8 Å². The van der Waals surface area contributed by atoms with Crippen LogP contribution in [0.4, 0.5) is 0 Å². The van der Waals surface area contributed by atoms with E-state index < -0.39 is 5.91 Å². The van der Waals surface area contributed by atoms with Crippen LogP contribution in [0.15, 0.2) is 24.3 Å². The number of ether oxygens (including phenoxy) is 2. The Morgan fingerprint density at radius 3 is 2.17 bits per heavy atom. The second-order valence-electron chi connectivity index (χ2n) is 7.24. The predicted octanol–water partition coefficient (Wildman–Crippen LogP) is 1.69. The van der Waals surface area contributed by atoms with Crippen LogP contribution in [0, 0.1) is 0 Å². The molecule has 0 radical (unpaired) electrons. The Balaban J connectivity index is 1.63. The van der Waals surface area contributed by atoms with Gasteiger partial charge in [-0.05, 0) is 45.0 Å². The summed E-state index contributed by atoms with van der Waals surface area (Å²) in [6.07, 6.45) is 0.651. The van der Waals surface area contributed by atoms with Gasteiger partial charge in [0.25, 0.3) is 0 Å². The first-order valence-electron chi connectivity index (χ1n) is 10.1. The molecular weight excluding hydrogens is 374 g/mol. The normalized spacial score (nSPS) is 19.4. The molecule has 8 heteroatoms. The van der Waals surface area contributed by atoms with Gasteiger partial charge in [0.05, 0.1) is 18.8 Å². The number of amides is 2. The Morgan fingerprint density at radius 2 is 1.59 bits per heavy atom. The lowest BCUT2D eigenvalue weighted by Crippen LogP contribution is -2.47. The first-order valence-corrected chi connectivity index (χ1v) is 10.1. The highest BCUT2D eigenvalue weighted by Crippen LogP contribution is 2.14. The minimum Gasteiger partial charge on any atom is -0.494 e. The van der Waals surface area contributed by atoms with E-state index in [4.69, 9.17) is 9.47 Å². The topological polar surface area (TPSA) is 97.0 Å². The molecule has 1 aromatic rings. The number of carbonyl (C=O) groups excluding carboxylic acids is 3. The van der Waals surface area contributed by atoms with Crippen LogP contribution in [0.3, 0.4) is 0 Å². The van der Waals surface area contributed by atoms with E-state index in [0.717, 1.165) is 13.1 Å². The summed E-state index contributed by atoms with van der Waals surface area (Å²) in [5.74, 6) is -0.0928. The summed E-state index contributed by atoms with van der Waals surface area (Å²) < 4.78 is 11.0. The molecule has 1 heterocycles. The van der Waals surface area contributed by atoms with E-state index in [1.165, 1.54) is 0 Å². The van der Waals surface area contributed by atoms with Gasteiger partial charge in [-0.3, -0.25) is 30.1 Å². The molecule has 0 saturated carbocycles. The van der Waals surface area contributed by atoms with E-state index in [2.05, 4.69) is 15.8 Å². The van der Waals surface area contributed by atoms with E-state index in [9.17, 15) is 14.4 Å². The molecule has 0 spiro atoms. The number of carbonyl (C=O) groups is 3. The number of nitrogens with one attached hydrogen (secondary N) is 2. The first-order chi connectivity index (χ1) is 13.9. The van der Waals surface area contributed by atoms with Crippen LogP contribution in [0.5, 0.6) is 5.75 Å². The van der Waals surface area contributed by atoms with Crippen molar-refractivity contribution in [1.29, 1.82) is 0 Å². The van der Waals surface area contributed by atoms with E-state index >= 15 is 0 Å². The molecular formula is C21H31N3O5. The monoisotopic (exact) mass is 405 g/mol. The van der Waals surface area contributed by atoms with Crippen molar-refractivity contribution in [2.45, 2.75) is 52.2 Å². The van der Waals surface area contributed by atoms with Crippen LogP contribution >= 0.6 is 0 Å². The maximum absolute atomic E-state index is 12.2. The van der Waals surface area contributed by atoms with Crippen molar-refractivity contribution >= 4 is 17.6 Å². The summed E-state index contributed by atoms with van der Waals surface area (Å²) >= 11 is 0. The van der Waals surface area contributed by atoms with Crippen molar-refractivity contribution < 1.29 is 23.9 Å². The number of rotatable bonds is 9. The molecule has 0 aromatic heterocycles. The smallest absolute Gasteiger partial charge is 0.239 e. The van der Waals surface area contributed by atoms with Gasteiger partial charge in [0.1, 0.15) is 5.75 Å². The molecule has 2 atom stereocenters. The Hall–Kier alpha value is -2.45. The van der Waals surface area contributed by atoms with Gasteiger partial charge >= 0.3 is 0 Å². The molecule has 0 aliphatic carbocycles. The molecule has 0 unspecified atom stereocenters. The third kappa shape index (κ3) is 8.21. The van der Waals surface area contributed by atoms with Crippen molar-refractivity contribution in [2.24, 2.45) is 0 Å². The van der Waals surface area contributed by atoms with Crippen LogP contribution in [0.25, 0.3) is 0 Å². The van der Waals surface area contributed by atoms with Gasteiger partial charge in [-0.25, -0.2) is 0 Å². The molecule has 1 saturated heterocycles. The Morgan fingerprint density at radius 1 is 1.00 bits per heavy atom. The molecule has 0 bridgehead atoms. The van der Waals surface area contributed by atoms with Crippen molar-refractivity contribution in [2.75, 3.05) is 26.2 Å². The highest BCUT2D eigenvalue weighted by atomic mass is 16.5. The Kier molecular flexibility index (Phi) is 9.08. The summed E-state index contributed by atoms with van der Waals surface area (Å²) in [5, 5.41) is 0. The fraction of sp³-hybridized carbons (Fsp3) is 0.571. The second kappa shape index (κ2) is 11.5. The first kappa shape index (κ1) is 22.8. The average Bonchev–Trinajstić information content (AvgIpc) is 2.69. The van der Waals surface area contributed by atoms with Crippen molar-refractivity contribution in [1.82, 2.24) is 15.8 Å². The summed E-state index contributed by atoms with van der Waals surface area (Å²) in [4.78, 5) is 38.2. The molecule has 1 fully saturated rings. The lowest BCUT2D eigenvalue weighted by atomic mass is 10.1. The van der Waals surface area contributed by atoms with E-state index in [1.807, 2.05) is 20.8 Å². The number of ketones is 1. The Bertz CT molecular complexity index is 682. The van der Waals surface area contributed by atoms with Crippen LogP contribution in [0.1, 0.15) is 50.4 Å². The van der Waals surface area contributed by atoms with Crippen molar-refractivity contribution in [3.63, 3.8) is 0 Å². The number of nitrogens with zero attached hydrogens (tertiary/aromatic N) is 1. The molecule has 1 aliphatic rings. The van der Waals surface area contributed by atoms with E-state index in [-0.39, 0.29) is 43.2 Å². The zero-order valence-electron chi connectivity index (χ0n) is 17.4. The van der Waals surface area contributed by atoms with Gasteiger partial charge in [0, 0.05) is 44.5 Å². The molecule has 2 N–H and O–H groups in total. The van der Waals surface area contributed by atoms with Gasteiger partial charge in [-0.15, -0.1) is 0 Å². The minimum absolute atomic E-state index is 0.00478. The fourth-order valence-electron chi connectivity index (χ4n) is 3.27. The molecule has 2 rings (SSSR count). The van der Waals surface area contributed by atoms with Gasteiger partial charge in [0.2, 0.25) is 11.8 Å². The molecule has 1 aromatic carbocycles. The largest absolute Gasteiger partial charge is 0.494 e. The Labute approximate surface area is 171 Å². The summed E-state index contributed by atoms with van der Waals surface area (Å²) in [6.45, 7) is 8.66. The number of hydrogen-bond donors (Lipinski definition) is 2. The van der Waals surface area contributed by atoms with Crippen LogP contribution in [-0.2, 0) is 14.3 Å². The summed E-state index contributed by atoms with van der Waals surface area (Å²) in [7, 11) is 0. The highest BCUT2D eigenvalue weighted by Gasteiger charge is 2.22. The number of morpholine rings is 1. The third-order valence-electron chi connectivity index (χ3n) is 4.56. The highest BCUT2D eigenvalue weighted by molar-refractivity contribution is 5.98. The number of hydrogen-bond acceptors (Lipinski definition) is 6. The maximum atomic E-state index is 12.2. The lowest BCUT2D eigenvalue weighted by Gasteiger charge is -2.35. The van der Waals surface area contributed by atoms with Gasteiger partial charge in [-0.2, -0.15) is 0 Å². The van der Waals surface area contributed by atoms with Crippen LogP contribution in [-0.4, -0.2) is 60.9 Å². The van der Waals surface area contributed by atoms with E-state index in [1.54, 1.807) is 24.3 Å². The standard InChI is InChI=1S/C21H31N3O5/c1-4-28-18-7-5-17(6-8-18)19(25)9-10-20(26)22-23-21(27)11-12-24-13-15(2)29-16(3)14-24/h5-8,15-16H,4,9-14H2,1-3H3,(H,22,26)(H,23,27)/t15-,16+. The van der Waals surface area contributed by atoms with Gasteiger partial charge in [0.15, 0.2) is 5.78 Å². The van der Waals surface area contributed by atoms with Crippen LogP contribution < -0.4 is 15.6 Å². The molecule has 160 valence electrons.